The summed E-state index contributed by atoms with van der Waals surface area (Å²) >= 11 is 4.22. The first kappa shape index (κ1) is 11.7. The van der Waals surface area contributed by atoms with Crippen molar-refractivity contribution in [3.63, 3.8) is 0 Å². The molecule has 2 nitrogen and oxygen atoms in total. The highest BCUT2D eigenvalue weighted by Gasteiger charge is 2.14. The van der Waals surface area contributed by atoms with E-state index >= 15 is 0 Å². The van der Waals surface area contributed by atoms with Gasteiger partial charge in [0, 0.05) is 25.2 Å². The summed E-state index contributed by atoms with van der Waals surface area (Å²) in [5.41, 5.74) is 0. The summed E-state index contributed by atoms with van der Waals surface area (Å²) in [5, 5.41) is 0. The Bertz CT molecular complexity index is 116. The molecule has 0 spiro atoms. The van der Waals surface area contributed by atoms with E-state index in [1.807, 2.05) is 0 Å². The fraction of sp³-hybridized carbons (Fsp3) is 1.00. The third kappa shape index (κ3) is 5.83. The first-order valence-corrected chi connectivity index (χ1v) is 6.83. The number of methoxy groups -OCH3 is 1. The van der Waals surface area contributed by atoms with E-state index in [1.54, 1.807) is 7.11 Å². The standard InChI is InChI=1S/C9H18O2S2/c1-10-8-11-5-3-2-4-9-12-6-7-13-9/h9H,2-8H2,1H3. The lowest BCUT2D eigenvalue weighted by atomic mass is 10.3. The van der Waals surface area contributed by atoms with Gasteiger partial charge in [-0.1, -0.05) is 0 Å². The summed E-state index contributed by atoms with van der Waals surface area (Å²) in [6, 6.07) is 0. The van der Waals surface area contributed by atoms with Crippen LogP contribution in [0.15, 0.2) is 0 Å². The summed E-state index contributed by atoms with van der Waals surface area (Å²) in [4.78, 5) is 0. The van der Waals surface area contributed by atoms with Crippen LogP contribution in [0, 0.1) is 0 Å². The highest BCUT2D eigenvalue weighted by Crippen LogP contribution is 2.35. The van der Waals surface area contributed by atoms with E-state index in [-0.39, 0.29) is 0 Å². The summed E-state index contributed by atoms with van der Waals surface area (Å²) < 4.78 is 10.9. The second kappa shape index (κ2) is 7.97. The van der Waals surface area contributed by atoms with Crippen LogP contribution in [0.2, 0.25) is 0 Å². The van der Waals surface area contributed by atoms with Crippen LogP contribution in [0.5, 0.6) is 0 Å². The number of hydrogen-bond acceptors (Lipinski definition) is 4. The molecule has 0 bridgehead atoms. The third-order valence-electron chi connectivity index (χ3n) is 1.87. The van der Waals surface area contributed by atoms with E-state index in [1.165, 1.54) is 30.8 Å². The van der Waals surface area contributed by atoms with Gasteiger partial charge in [-0.15, -0.1) is 23.5 Å². The van der Waals surface area contributed by atoms with Crippen molar-refractivity contribution in [2.75, 3.05) is 32.0 Å². The van der Waals surface area contributed by atoms with Gasteiger partial charge in [-0.2, -0.15) is 0 Å². The molecule has 4 heteroatoms. The molecule has 0 radical (unpaired) electrons. The Kier molecular flexibility index (Phi) is 7.17. The van der Waals surface area contributed by atoms with Crippen molar-refractivity contribution in [3.05, 3.63) is 0 Å². The van der Waals surface area contributed by atoms with Crippen LogP contribution in [-0.2, 0) is 9.47 Å². The fourth-order valence-electron chi connectivity index (χ4n) is 1.23. The summed E-state index contributed by atoms with van der Waals surface area (Å²) in [6.07, 6.45) is 3.79. The third-order valence-corrected chi connectivity index (χ3v) is 5.04. The van der Waals surface area contributed by atoms with Crippen LogP contribution in [0.3, 0.4) is 0 Å². The van der Waals surface area contributed by atoms with Crippen molar-refractivity contribution in [1.29, 1.82) is 0 Å². The van der Waals surface area contributed by atoms with Crippen molar-refractivity contribution >= 4 is 23.5 Å². The molecule has 0 saturated carbocycles. The van der Waals surface area contributed by atoms with Crippen molar-refractivity contribution in [3.8, 4) is 0 Å². The second-order valence-electron chi connectivity index (χ2n) is 2.98. The number of ether oxygens (including phenoxy) is 2. The zero-order valence-corrected chi connectivity index (χ0v) is 9.79. The Morgan fingerprint density at radius 2 is 2.00 bits per heavy atom. The number of thioether (sulfide) groups is 2. The highest BCUT2D eigenvalue weighted by atomic mass is 32.2. The summed E-state index contributed by atoms with van der Waals surface area (Å²) in [7, 11) is 1.66. The molecule has 0 atom stereocenters. The maximum absolute atomic E-state index is 5.21. The van der Waals surface area contributed by atoms with Crippen molar-refractivity contribution < 1.29 is 9.47 Å². The van der Waals surface area contributed by atoms with Gasteiger partial charge in [-0.25, -0.2) is 0 Å². The smallest absolute Gasteiger partial charge is 0.146 e. The molecule has 1 fully saturated rings. The Morgan fingerprint density at radius 3 is 2.69 bits per heavy atom. The van der Waals surface area contributed by atoms with E-state index in [4.69, 9.17) is 9.47 Å². The van der Waals surface area contributed by atoms with Gasteiger partial charge in [0.2, 0.25) is 0 Å². The van der Waals surface area contributed by atoms with E-state index in [9.17, 15) is 0 Å². The fourth-order valence-corrected chi connectivity index (χ4v) is 4.16. The normalized spacial score (nSPS) is 18.2. The molecule has 0 aromatic carbocycles. The molecule has 1 heterocycles. The first-order valence-electron chi connectivity index (χ1n) is 4.73. The predicted octanol–water partition coefficient (Wildman–Crippen LogP) is 2.58. The van der Waals surface area contributed by atoms with Gasteiger partial charge in [0.15, 0.2) is 0 Å². The molecule has 13 heavy (non-hydrogen) atoms. The first-order chi connectivity index (χ1) is 6.43. The monoisotopic (exact) mass is 222 g/mol. The molecule has 0 amide bonds. The highest BCUT2D eigenvalue weighted by molar-refractivity contribution is 8.20. The van der Waals surface area contributed by atoms with Gasteiger partial charge in [0.25, 0.3) is 0 Å². The zero-order valence-electron chi connectivity index (χ0n) is 8.16. The predicted molar refractivity (Wildman–Crippen MR) is 60.4 cm³/mol. The topological polar surface area (TPSA) is 18.5 Å². The molecule has 78 valence electrons. The zero-order chi connectivity index (χ0) is 9.36. The molecule has 0 aromatic rings. The maximum atomic E-state index is 5.21. The molecular weight excluding hydrogens is 204 g/mol. The van der Waals surface area contributed by atoms with Crippen molar-refractivity contribution in [2.45, 2.75) is 23.8 Å². The molecule has 0 unspecified atom stereocenters. The Balaban J connectivity index is 1.78. The molecular formula is C9H18O2S2. The van der Waals surface area contributed by atoms with Crippen LogP contribution in [0.4, 0.5) is 0 Å². The van der Waals surface area contributed by atoms with Gasteiger partial charge >= 0.3 is 0 Å². The molecule has 0 aliphatic carbocycles. The molecule has 1 aliphatic heterocycles. The Morgan fingerprint density at radius 1 is 1.23 bits per heavy atom. The van der Waals surface area contributed by atoms with Crippen molar-refractivity contribution in [1.82, 2.24) is 0 Å². The second-order valence-corrected chi connectivity index (χ2v) is 5.90. The average Bonchev–Trinajstić information content (AvgIpc) is 2.63. The van der Waals surface area contributed by atoms with Gasteiger partial charge in [0.05, 0.1) is 4.58 Å². The molecule has 1 aliphatic rings. The molecule has 1 saturated heterocycles. The summed E-state index contributed by atoms with van der Waals surface area (Å²) in [6.45, 7) is 1.28. The maximum Gasteiger partial charge on any atom is 0.146 e. The van der Waals surface area contributed by atoms with Crippen LogP contribution < -0.4 is 0 Å². The Labute approximate surface area is 89.1 Å². The number of rotatable bonds is 7. The van der Waals surface area contributed by atoms with E-state index in [0.717, 1.165) is 11.2 Å². The number of hydrogen-bond donors (Lipinski definition) is 0. The lowest BCUT2D eigenvalue weighted by Crippen LogP contribution is -1.99. The van der Waals surface area contributed by atoms with Crippen LogP contribution in [0.1, 0.15) is 19.3 Å². The lowest BCUT2D eigenvalue weighted by molar-refractivity contribution is -0.0314. The Hall–Kier alpha value is 0.620. The SMILES string of the molecule is COCOCCCCC1SCCS1. The number of unbranched alkanes of at least 4 members (excludes halogenated alkanes) is 1. The largest absolute Gasteiger partial charge is 0.359 e. The minimum absolute atomic E-state index is 0.437. The van der Waals surface area contributed by atoms with Gasteiger partial charge < -0.3 is 9.47 Å². The molecule has 0 N–H and O–H groups in total. The van der Waals surface area contributed by atoms with E-state index < -0.39 is 0 Å². The van der Waals surface area contributed by atoms with Gasteiger partial charge in [0.1, 0.15) is 6.79 Å². The lowest BCUT2D eigenvalue weighted by Gasteiger charge is -2.07. The molecule has 0 aromatic heterocycles. The minimum Gasteiger partial charge on any atom is -0.359 e. The van der Waals surface area contributed by atoms with Crippen molar-refractivity contribution in [2.24, 2.45) is 0 Å². The summed E-state index contributed by atoms with van der Waals surface area (Å²) in [5.74, 6) is 2.69. The van der Waals surface area contributed by atoms with Gasteiger partial charge in [-0.05, 0) is 19.3 Å². The van der Waals surface area contributed by atoms with Crippen LogP contribution in [0.25, 0.3) is 0 Å². The van der Waals surface area contributed by atoms with Crippen LogP contribution >= 0.6 is 23.5 Å². The average molecular weight is 222 g/mol. The quantitative estimate of drug-likeness (QED) is 0.486. The van der Waals surface area contributed by atoms with Crippen LogP contribution in [-0.4, -0.2) is 36.6 Å². The molecule has 1 rings (SSSR count). The minimum atomic E-state index is 0.437. The van der Waals surface area contributed by atoms with E-state index in [0.29, 0.717) is 6.79 Å². The van der Waals surface area contributed by atoms with E-state index in [2.05, 4.69) is 23.5 Å². The van der Waals surface area contributed by atoms with Gasteiger partial charge in [-0.3, -0.25) is 0 Å².